The molecule has 12 heteroatoms. The van der Waals surface area contributed by atoms with Gasteiger partial charge in [0.05, 0.1) is 29.3 Å². The highest BCUT2D eigenvalue weighted by Gasteiger charge is 2.12. The summed E-state index contributed by atoms with van der Waals surface area (Å²) in [6.45, 7) is 5.87. The summed E-state index contributed by atoms with van der Waals surface area (Å²) < 4.78 is 2.16. The van der Waals surface area contributed by atoms with Crippen LogP contribution in [0.2, 0.25) is 0 Å². The van der Waals surface area contributed by atoms with Gasteiger partial charge < -0.3 is 15.1 Å². The van der Waals surface area contributed by atoms with Crippen molar-refractivity contribution in [2.24, 2.45) is 20.5 Å². The Morgan fingerprint density at radius 1 is 0.897 bits per heavy atom. The van der Waals surface area contributed by atoms with Crippen molar-refractivity contribution in [2.75, 3.05) is 56.0 Å². The Hall–Kier alpha value is -2.64. The molecule has 0 aliphatic heterocycles. The summed E-state index contributed by atoms with van der Waals surface area (Å²) in [5, 5.41) is 25.1. The summed E-state index contributed by atoms with van der Waals surface area (Å²) in [4.78, 5) is 4.12. The lowest BCUT2D eigenvalue weighted by Gasteiger charge is -2.11. The molecule has 0 radical (unpaired) electrons. The number of quaternary nitrogens is 1. The molecule has 0 aliphatic rings. The molecule has 1 aromatic heterocycles. The third-order valence-corrected chi connectivity index (χ3v) is 9.06. The van der Waals surface area contributed by atoms with Crippen molar-refractivity contribution in [1.82, 2.24) is 0 Å². The van der Waals surface area contributed by atoms with Crippen molar-refractivity contribution in [3.63, 3.8) is 0 Å². The number of benzene rings is 2. The van der Waals surface area contributed by atoms with E-state index in [0.29, 0.717) is 5.03 Å². The van der Waals surface area contributed by atoms with E-state index in [0.717, 1.165) is 52.5 Å². The number of nitrogens with two attached hydrogens (primary N) is 1. The zero-order chi connectivity index (χ0) is 27.9. The second-order valence-electron chi connectivity index (χ2n) is 8.61. The Bertz CT molecular complexity index is 1240. The van der Waals surface area contributed by atoms with Crippen molar-refractivity contribution < 1.29 is 9.88 Å². The SMILES string of the molecule is C=C(N=Nc1ccc(N(C)C)cc1)S/C=C\[NH2+]CCSSCC[n+]1ccsc1N=Nc1ccc(N(C)C)cc1. The molecule has 0 unspecified atom stereocenters. The molecule has 0 spiro atoms. The maximum absolute atomic E-state index is 4.46. The number of hydrogen-bond donors (Lipinski definition) is 1. The van der Waals surface area contributed by atoms with Crippen LogP contribution in [0.1, 0.15) is 0 Å². The van der Waals surface area contributed by atoms with Crippen LogP contribution in [0.25, 0.3) is 0 Å². The van der Waals surface area contributed by atoms with Crippen LogP contribution in [0, 0.1) is 0 Å². The molecular formula is C27H36N8S4+2. The van der Waals surface area contributed by atoms with Crippen LogP contribution in [-0.2, 0) is 6.54 Å². The van der Waals surface area contributed by atoms with Gasteiger partial charge in [-0.15, -0.1) is 5.11 Å². The molecule has 0 amide bonds. The van der Waals surface area contributed by atoms with E-state index in [1.807, 2.05) is 104 Å². The van der Waals surface area contributed by atoms with E-state index >= 15 is 0 Å². The number of thioether (sulfide) groups is 1. The third-order valence-electron chi connectivity index (χ3n) is 5.21. The summed E-state index contributed by atoms with van der Waals surface area (Å²) >= 11 is 3.08. The second-order valence-corrected chi connectivity index (χ2v) is 13.2. The number of azo groups is 2. The average Bonchev–Trinajstić information content (AvgIpc) is 3.39. The lowest BCUT2D eigenvalue weighted by Crippen LogP contribution is -2.78. The van der Waals surface area contributed by atoms with E-state index in [1.54, 1.807) is 11.3 Å². The molecule has 2 aromatic carbocycles. The summed E-state index contributed by atoms with van der Waals surface area (Å²) in [7, 11) is 11.9. The van der Waals surface area contributed by atoms with E-state index in [4.69, 9.17) is 0 Å². The quantitative estimate of drug-likeness (QED) is 0.0830. The standard InChI is InChI=1S/C27H35N8S4/c1-22(29-30-23-6-10-25(11-7-23)33(2)3)36-18-14-28-15-19-38-39-21-17-35-16-20-37-27(35)32-31-24-8-12-26(13-9-24)34(4)5/h6-14,16,18,20,28H,1,15,17,19,21H2,2-5H3/q+1/p+1/b18-14-,30-29?. The predicted octanol–water partition coefficient (Wildman–Crippen LogP) is 6.99. The van der Waals surface area contributed by atoms with Crippen LogP contribution >= 0.6 is 44.7 Å². The van der Waals surface area contributed by atoms with E-state index in [-0.39, 0.29) is 0 Å². The summed E-state index contributed by atoms with van der Waals surface area (Å²) in [6.07, 6.45) is 4.12. The van der Waals surface area contributed by atoms with Gasteiger partial charge in [-0.25, -0.2) is 4.57 Å². The molecule has 0 saturated carbocycles. The maximum Gasteiger partial charge on any atom is 0.408 e. The van der Waals surface area contributed by atoms with Crippen molar-refractivity contribution in [2.45, 2.75) is 6.54 Å². The molecule has 3 aromatic rings. The first-order chi connectivity index (χ1) is 18.9. The van der Waals surface area contributed by atoms with E-state index in [9.17, 15) is 0 Å². The topological polar surface area (TPSA) is 76.4 Å². The van der Waals surface area contributed by atoms with Gasteiger partial charge in [0, 0.05) is 56.1 Å². The van der Waals surface area contributed by atoms with Gasteiger partial charge in [0.25, 0.3) is 0 Å². The predicted molar refractivity (Wildman–Crippen MR) is 172 cm³/mol. The maximum atomic E-state index is 4.46. The molecule has 0 bridgehead atoms. The van der Waals surface area contributed by atoms with Crippen LogP contribution in [0.4, 0.5) is 27.9 Å². The molecule has 0 aliphatic carbocycles. The van der Waals surface area contributed by atoms with Crippen LogP contribution in [0.15, 0.2) is 104 Å². The zero-order valence-electron chi connectivity index (χ0n) is 22.8. The number of aromatic nitrogens is 1. The van der Waals surface area contributed by atoms with Crippen LogP contribution in [0.3, 0.4) is 0 Å². The highest BCUT2D eigenvalue weighted by atomic mass is 33.1. The first kappa shape index (κ1) is 30.9. The largest absolute Gasteiger partial charge is 0.408 e. The monoisotopic (exact) mass is 600 g/mol. The zero-order valence-corrected chi connectivity index (χ0v) is 26.1. The van der Waals surface area contributed by atoms with Gasteiger partial charge >= 0.3 is 5.13 Å². The Morgan fingerprint density at radius 2 is 1.51 bits per heavy atom. The number of anilines is 2. The summed E-state index contributed by atoms with van der Waals surface area (Å²) in [6, 6.07) is 16.0. The third kappa shape index (κ3) is 11.6. The Labute approximate surface area is 247 Å². The molecule has 8 nitrogen and oxygen atoms in total. The Morgan fingerprint density at radius 3 is 2.15 bits per heavy atom. The number of aryl methyl sites for hydroxylation is 1. The van der Waals surface area contributed by atoms with E-state index in [1.165, 1.54) is 11.8 Å². The highest BCUT2D eigenvalue weighted by Crippen LogP contribution is 2.24. The Kier molecular flexibility index (Phi) is 13.6. The summed E-state index contributed by atoms with van der Waals surface area (Å²) in [5.41, 5.74) is 3.95. The molecule has 0 atom stereocenters. The normalized spacial score (nSPS) is 11.7. The molecule has 1 heterocycles. The average molecular weight is 601 g/mol. The fourth-order valence-electron chi connectivity index (χ4n) is 3.06. The highest BCUT2D eigenvalue weighted by molar-refractivity contribution is 8.76. The van der Waals surface area contributed by atoms with Crippen LogP contribution in [-0.4, -0.2) is 46.2 Å². The van der Waals surface area contributed by atoms with Gasteiger partial charge in [-0.2, -0.15) is 5.11 Å². The molecular weight excluding hydrogens is 565 g/mol. The van der Waals surface area contributed by atoms with Crippen LogP contribution < -0.4 is 19.7 Å². The van der Waals surface area contributed by atoms with Gasteiger partial charge in [-0.1, -0.05) is 39.9 Å². The van der Waals surface area contributed by atoms with Crippen LogP contribution in [0.5, 0.6) is 0 Å². The molecule has 206 valence electrons. The first-order valence-corrected chi connectivity index (χ1v) is 16.6. The van der Waals surface area contributed by atoms with E-state index in [2.05, 4.69) is 64.5 Å². The van der Waals surface area contributed by atoms with Gasteiger partial charge in [0.1, 0.15) is 23.5 Å². The lowest BCUT2D eigenvalue weighted by molar-refractivity contribution is -0.675. The molecule has 0 saturated heterocycles. The number of nitrogens with zero attached hydrogens (tertiary/aromatic N) is 7. The number of hydrogen-bond acceptors (Lipinski definition) is 10. The van der Waals surface area contributed by atoms with Gasteiger partial charge in [-0.3, -0.25) is 0 Å². The second kappa shape index (κ2) is 17.1. The van der Waals surface area contributed by atoms with Crippen molar-refractivity contribution in [1.29, 1.82) is 0 Å². The fraction of sp³-hybridized carbons (Fsp3) is 0.296. The number of rotatable bonds is 16. The number of thiazole rings is 1. The smallest absolute Gasteiger partial charge is 0.378 e. The van der Waals surface area contributed by atoms with E-state index < -0.39 is 0 Å². The lowest BCUT2D eigenvalue weighted by atomic mass is 10.3. The van der Waals surface area contributed by atoms with Crippen molar-refractivity contribution in [3.05, 3.63) is 83.3 Å². The summed E-state index contributed by atoms with van der Waals surface area (Å²) in [5.74, 6) is 2.08. The Balaban J connectivity index is 1.25. The molecule has 3 rings (SSSR count). The van der Waals surface area contributed by atoms with Crippen molar-refractivity contribution >= 4 is 72.6 Å². The molecule has 0 fully saturated rings. The molecule has 39 heavy (non-hydrogen) atoms. The first-order valence-electron chi connectivity index (χ1n) is 12.4. The van der Waals surface area contributed by atoms with Gasteiger partial charge in [0.15, 0.2) is 0 Å². The van der Waals surface area contributed by atoms with Gasteiger partial charge in [0.2, 0.25) is 0 Å². The minimum absolute atomic E-state index is 0.660. The van der Waals surface area contributed by atoms with Crippen molar-refractivity contribution in [3.8, 4) is 0 Å². The van der Waals surface area contributed by atoms with Gasteiger partial charge in [-0.05, 0) is 65.0 Å². The fourth-order valence-corrected chi connectivity index (χ4v) is 6.16. The minimum Gasteiger partial charge on any atom is -0.378 e. The molecule has 2 N–H and O–H groups in total. The minimum atomic E-state index is 0.660.